The normalized spacial score (nSPS) is 26.0. The monoisotopic (exact) mass is 368 g/mol. The molecule has 0 bridgehead atoms. The van der Waals surface area contributed by atoms with Crippen molar-refractivity contribution in [2.75, 3.05) is 13.1 Å². The second kappa shape index (κ2) is 8.42. The molecule has 1 amide bonds. The molecule has 26 heavy (non-hydrogen) atoms. The second-order valence-corrected chi connectivity index (χ2v) is 7.48. The van der Waals surface area contributed by atoms with Crippen LogP contribution >= 0.6 is 0 Å². The number of carbonyl (C=O) groups excluding carboxylic acids is 1. The number of carbonyl (C=O) groups is 1. The molecule has 2 atom stereocenters. The molecule has 1 aliphatic heterocycles. The zero-order valence-electron chi connectivity index (χ0n) is 15.0. The third-order valence-electron chi connectivity index (χ3n) is 5.62. The highest BCUT2D eigenvalue weighted by Gasteiger charge is 2.37. The van der Waals surface area contributed by atoms with Crippen LogP contribution in [0.3, 0.4) is 0 Å². The van der Waals surface area contributed by atoms with Crippen molar-refractivity contribution in [1.82, 2.24) is 10.2 Å². The smallest absolute Gasteiger partial charge is 0.356 e. The van der Waals surface area contributed by atoms with Gasteiger partial charge in [-0.15, -0.1) is 0 Å². The Hall–Kier alpha value is -1.56. The molecule has 1 saturated carbocycles. The van der Waals surface area contributed by atoms with Crippen LogP contribution < -0.4 is 5.32 Å². The van der Waals surface area contributed by atoms with Crippen molar-refractivity contribution in [2.45, 2.75) is 63.7 Å². The maximum Gasteiger partial charge on any atom is 0.416 e. The lowest BCUT2D eigenvalue weighted by atomic mass is 9.99. The molecule has 1 aliphatic carbocycles. The number of benzene rings is 1. The molecule has 0 spiro atoms. The summed E-state index contributed by atoms with van der Waals surface area (Å²) < 4.78 is 38.3. The highest BCUT2D eigenvalue weighted by atomic mass is 19.4. The van der Waals surface area contributed by atoms with Gasteiger partial charge in [-0.05, 0) is 49.9 Å². The van der Waals surface area contributed by atoms with Crippen molar-refractivity contribution < 1.29 is 18.0 Å². The van der Waals surface area contributed by atoms with Crippen molar-refractivity contribution in [1.29, 1.82) is 0 Å². The third kappa shape index (κ3) is 4.78. The Kier molecular flexibility index (Phi) is 6.22. The SMILES string of the molecule is O=C1NCCCCCCN(Cc2ccc(C(F)(F)F)cc2)[C@H]2CCC[C@@H]12. The van der Waals surface area contributed by atoms with Gasteiger partial charge < -0.3 is 5.32 Å². The molecule has 1 heterocycles. The van der Waals surface area contributed by atoms with Gasteiger partial charge in [-0.3, -0.25) is 9.69 Å². The van der Waals surface area contributed by atoms with Crippen molar-refractivity contribution in [2.24, 2.45) is 5.92 Å². The molecule has 3 nitrogen and oxygen atoms in total. The van der Waals surface area contributed by atoms with Crippen LogP contribution in [0.2, 0.25) is 0 Å². The number of amides is 1. The number of halogens is 3. The quantitative estimate of drug-likeness (QED) is 0.841. The predicted octanol–water partition coefficient (Wildman–Crippen LogP) is 4.37. The fourth-order valence-corrected chi connectivity index (χ4v) is 4.22. The molecule has 2 aliphatic rings. The maximum atomic E-state index is 12.8. The molecule has 6 heteroatoms. The van der Waals surface area contributed by atoms with Crippen LogP contribution in [0.5, 0.6) is 0 Å². The number of nitrogens with one attached hydrogen (secondary N) is 1. The minimum Gasteiger partial charge on any atom is -0.356 e. The first kappa shape index (κ1) is 19.2. The van der Waals surface area contributed by atoms with Gasteiger partial charge in [0.1, 0.15) is 0 Å². The Morgan fingerprint density at radius 2 is 1.73 bits per heavy atom. The van der Waals surface area contributed by atoms with Crippen molar-refractivity contribution in [3.8, 4) is 0 Å². The molecule has 1 N–H and O–H groups in total. The molecule has 0 aromatic heterocycles. The Balaban J connectivity index is 1.74. The van der Waals surface area contributed by atoms with E-state index in [4.69, 9.17) is 0 Å². The van der Waals surface area contributed by atoms with Gasteiger partial charge in [-0.25, -0.2) is 0 Å². The molecular weight excluding hydrogens is 341 g/mol. The number of fused-ring (bicyclic) bond motifs is 1. The summed E-state index contributed by atoms with van der Waals surface area (Å²) in [7, 11) is 0. The summed E-state index contributed by atoms with van der Waals surface area (Å²) >= 11 is 0. The zero-order chi connectivity index (χ0) is 18.6. The topological polar surface area (TPSA) is 32.3 Å². The standard InChI is InChI=1S/C20H27F3N2O/c21-20(22,23)16-10-8-15(9-11-16)14-25-13-4-2-1-3-12-24-19(26)17-6-5-7-18(17)25/h8-11,17-18H,1-7,12-14H2,(H,24,26)/t17-,18+/m1/s1. The van der Waals surface area contributed by atoms with Crippen molar-refractivity contribution >= 4 is 5.91 Å². The van der Waals surface area contributed by atoms with E-state index < -0.39 is 11.7 Å². The first-order valence-electron chi connectivity index (χ1n) is 9.63. The number of nitrogens with zero attached hydrogens (tertiary/aromatic N) is 1. The zero-order valence-corrected chi connectivity index (χ0v) is 15.0. The van der Waals surface area contributed by atoms with E-state index in [2.05, 4.69) is 10.2 Å². The van der Waals surface area contributed by atoms with Crippen LogP contribution in [0.4, 0.5) is 13.2 Å². The summed E-state index contributed by atoms with van der Waals surface area (Å²) in [6.45, 7) is 2.25. The van der Waals surface area contributed by atoms with Gasteiger partial charge >= 0.3 is 6.18 Å². The lowest BCUT2D eigenvalue weighted by Gasteiger charge is -2.32. The lowest BCUT2D eigenvalue weighted by molar-refractivity contribution is -0.137. The molecule has 1 aromatic rings. The number of rotatable bonds is 2. The summed E-state index contributed by atoms with van der Waals surface area (Å²) in [4.78, 5) is 14.8. The predicted molar refractivity (Wildman–Crippen MR) is 94.5 cm³/mol. The largest absolute Gasteiger partial charge is 0.416 e. The fraction of sp³-hybridized carbons (Fsp3) is 0.650. The van der Waals surface area contributed by atoms with Crippen LogP contribution in [-0.2, 0) is 17.5 Å². The van der Waals surface area contributed by atoms with Crippen LogP contribution in [-0.4, -0.2) is 29.9 Å². The highest BCUT2D eigenvalue weighted by molar-refractivity contribution is 5.79. The Labute approximate surface area is 152 Å². The Morgan fingerprint density at radius 1 is 1.00 bits per heavy atom. The van der Waals surface area contributed by atoms with E-state index in [0.717, 1.165) is 75.7 Å². The van der Waals surface area contributed by atoms with Gasteiger partial charge in [0.15, 0.2) is 0 Å². The average molecular weight is 368 g/mol. The fourth-order valence-electron chi connectivity index (χ4n) is 4.22. The van der Waals surface area contributed by atoms with E-state index in [1.54, 1.807) is 12.1 Å². The van der Waals surface area contributed by atoms with Crippen LogP contribution in [0.25, 0.3) is 0 Å². The number of hydrogen-bond acceptors (Lipinski definition) is 2. The van der Waals surface area contributed by atoms with Crippen LogP contribution in [0, 0.1) is 5.92 Å². The molecule has 2 fully saturated rings. The van der Waals surface area contributed by atoms with Gasteiger partial charge in [-0.1, -0.05) is 31.4 Å². The van der Waals surface area contributed by atoms with E-state index in [-0.39, 0.29) is 17.9 Å². The van der Waals surface area contributed by atoms with Crippen LogP contribution in [0.15, 0.2) is 24.3 Å². The van der Waals surface area contributed by atoms with E-state index in [9.17, 15) is 18.0 Å². The summed E-state index contributed by atoms with van der Waals surface area (Å²) in [5, 5.41) is 3.07. The molecule has 3 rings (SSSR count). The van der Waals surface area contributed by atoms with Crippen molar-refractivity contribution in [3.63, 3.8) is 0 Å². The van der Waals surface area contributed by atoms with Gasteiger partial charge in [0.2, 0.25) is 5.91 Å². The molecular formula is C20H27F3N2O. The summed E-state index contributed by atoms with van der Waals surface area (Å²) in [5.74, 6) is 0.148. The van der Waals surface area contributed by atoms with Gasteiger partial charge in [-0.2, -0.15) is 13.2 Å². The van der Waals surface area contributed by atoms with Gasteiger partial charge in [0.25, 0.3) is 0 Å². The summed E-state index contributed by atoms with van der Waals surface area (Å²) in [6.07, 6.45) is 2.92. The first-order chi connectivity index (χ1) is 12.4. The minimum absolute atomic E-state index is 0.00236. The molecule has 0 radical (unpaired) electrons. The lowest BCUT2D eigenvalue weighted by Crippen LogP contribution is -2.44. The third-order valence-corrected chi connectivity index (χ3v) is 5.62. The molecule has 1 saturated heterocycles. The van der Waals surface area contributed by atoms with E-state index >= 15 is 0 Å². The average Bonchev–Trinajstić information content (AvgIpc) is 3.08. The van der Waals surface area contributed by atoms with E-state index in [1.165, 1.54) is 0 Å². The van der Waals surface area contributed by atoms with E-state index in [0.29, 0.717) is 6.54 Å². The Bertz CT molecular complexity index is 600. The number of alkyl halides is 3. The van der Waals surface area contributed by atoms with Crippen molar-refractivity contribution in [3.05, 3.63) is 35.4 Å². The first-order valence-corrected chi connectivity index (χ1v) is 9.63. The molecule has 0 unspecified atom stereocenters. The second-order valence-electron chi connectivity index (χ2n) is 7.48. The Morgan fingerprint density at radius 3 is 2.46 bits per heavy atom. The summed E-state index contributed by atoms with van der Waals surface area (Å²) in [6, 6.07) is 5.63. The van der Waals surface area contributed by atoms with Gasteiger partial charge in [0.05, 0.1) is 11.5 Å². The minimum atomic E-state index is -4.30. The van der Waals surface area contributed by atoms with Gasteiger partial charge in [0, 0.05) is 19.1 Å². The molecule has 144 valence electrons. The molecule has 1 aromatic carbocycles. The highest BCUT2D eigenvalue weighted by Crippen LogP contribution is 2.33. The summed E-state index contributed by atoms with van der Waals surface area (Å²) in [5.41, 5.74) is 0.260. The van der Waals surface area contributed by atoms with Crippen LogP contribution in [0.1, 0.15) is 56.1 Å². The maximum absolute atomic E-state index is 12.8. The number of hydrogen-bond donors (Lipinski definition) is 1. The van der Waals surface area contributed by atoms with E-state index in [1.807, 2.05) is 0 Å².